The summed E-state index contributed by atoms with van der Waals surface area (Å²) < 4.78 is 53.6. The molecular formula is C27H23F3O5. The highest BCUT2D eigenvalue weighted by molar-refractivity contribution is 6.03. The quantitative estimate of drug-likeness (QED) is 0.447. The van der Waals surface area contributed by atoms with Crippen LogP contribution < -0.4 is 4.74 Å². The summed E-state index contributed by atoms with van der Waals surface area (Å²) in [6.07, 6.45) is -6.68. The van der Waals surface area contributed by atoms with E-state index in [-0.39, 0.29) is 24.4 Å². The number of carbonyl (C=O) groups excluding carboxylic acids is 1. The van der Waals surface area contributed by atoms with Gasteiger partial charge in [-0.3, -0.25) is 4.79 Å². The number of rotatable bonds is 9. The van der Waals surface area contributed by atoms with E-state index < -0.39 is 36.2 Å². The molecule has 0 radical (unpaired) electrons. The molecule has 1 unspecified atom stereocenters. The molecule has 182 valence electrons. The van der Waals surface area contributed by atoms with Crippen molar-refractivity contribution in [2.75, 3.05) is 0 Å². The van der Waals surface area contributed by atoms with Gasteiger partial charge in [0.2, 0.25) is 0 Å². The molecule has 4 rings (SSSR count). The molecule has 1 aliphatic rings. The zero-order chi connectivity index (χ0) is 24.8. The molecule has 5 nitrogen and oxygen atoms in total. The van der Waals surface area contributed by atoms with Crippen molar-refractivity contribution >= 4 is 5.78 Å². The van der Waals surface area contributed by atoms with Crippen LogP contribution >= 0.6 is 0 Å². The van der Waals surface area contributed by atoms with E-state index in [1.165, 1.54) is 18.2 Å². The first-order chi connectivity index (χ1) is 16.8. The van der Waals surface area contributed by atoms with Crippen molar-refractivity contribution in [3.63, 3.8) is 0 Å². The van der Waals surface area contributed by atoms with Crippen LogP contribution in [0, 0.1) is 0 Å². The van der Waals surface area contributed by atoms with E-state index >= 15 is 0 Å². The first kappa shape index (κ1) is 24.7. The maximum atomic E-state index is 13.2. The third-order valence-electron chi connectivity index (χ3n) is 5.44. The van der Waals surface area contributed by atoms with Gasteiger partial charge in [0.1, 0.15) is 18.0 Å². The third-order valence-corrected chi connectivity index (χ3v) is 5.44. The van der Waals surface area contributed by atoms with Gasteiger partial charge < -0.3 is 19.3 Å². The van der Waals surface area contributed by atoms with Crippen LogP contribution in [0.1, 0.15) is 22.8 Å². The SMILES string of the molecule is O=C1C(C(O)c2cccc(OC(F)(F)F)c2)=C[C@H](OCc2ccccc2)[C@H]1OCc1ccccc1. The Bertz CT molecular complexity index is 1160. The van der Waals surface area contributed by atoms with Crippen LogP contribution in [0.5, 0.6) is 5.75 Å². The van der Waals surface area contributed by atoms with Gasteiger partial charge in [0.15, 0.2) is 11.9 Å². The number of hydrogen-bond acceptors (Lipinski definition) is 5. The standard InChI is InChI=1S/C27H23F3O5/c28-27(29,30)35-21-13-7-12-20(14-21)24(31)22-15-23(33-16-18-8-3-1-4-9-18)26(25(22)32)34-17-19-10-5-2-6-11-19/h1-15,23-24,26,31H,16-17H2/t23-,24?,26+/m0/s1. The van der Waals surface area contributed by atoms with Gasteiger partial charge in [-0.15, -0.1) is 13.2 Å². The molecule has 0 spiro atoms. The number of Topliss-reactive ketones (excluding diaryl/α,β-unsaturated/α-hetero) is 1. The van der Waals surface area contributed by atoms with Gasteiger partial charge in [-0.1, -0.05) is 72.8 Å². The van der Waals surface area contributed by atoms with E-state index in [2.05, 4.69) is 4.74 Å². The number of benzene rings is 3. The third kappa shape index (κ3) is 6.57. The Morgan fingerprint density at radius 1 is 0.829 bits per heavy atom. The fraction of sp³-hybridized carbons (Fsp3) is 0.222. The van der Waals surface area contributed by atoms with Crippen LogP contribution in [-0.2, 0) is 27.5 Å². The van der Waals surface area contributed by atoms with Gasteiger partial charge in [-0.25, -0.2) is 0 Å². The average molecular weight is 484 g/mol. The minimum atomic E-state index is -4.88. The molecule has 0 heterocycles. The molecule has 0 aliphatic heterocycles. The van der Waals surface area contributed by atoms with Crippen molar-refractivity contribution in [2.45, 2.75) is 37.9 Å². The van der Waals surface area contributed by atoms with E-state index in [0.29, 0.717) is 0 Å². The fourth-order valence-electron chi connectivity index (χ4n) is 3.78. The van der Waals surface area contributed by atoms with Gasteiger partial charge in [-0.2, -0.15) is 0 Å². The van der Waals surface area contributed by atoms with Crippen molar-refractivity contribution in [3.05, 3.63) is 113 Å². The van der Waals surface area contributed by atoms with Crippen LogP contribution in [0.2, 0.25) is 0 Å². The van der Waals surface area contributed by atoms with Crippen LogP contribution in [0.15, 0.2) is 96.6 Å². The molecule has 0 bridgehead atoms. The van der Waals surface area contributed by atoms with Gasteiger partial charge in [0, 0.05) is 5.57 Å². The second kappa shape index (κ2) is 10.9. The van der Waals surface area contributed by atoms with Gasteiger partial charge in [-0.05, 0) is 34.9 Å². The van der Waals surface area contributed by atoms with E-state index in [0.717, 1.165) is 23.3 Å². The Morgan fingerprint density at radius 2 is 1.43 bits per heavy atom. The second-order valence-electron chi connectivity index (χ2n) is 7.99. The molecule has 3 aromatic carbocycles. The lowest BCUT2D eigenvalue weighted by atomic mass is 10.00. The van der Waals surface area contributed by atoms with Crippen molar-refractivity contribution in [2.24, 2.45) is 0 Å². The summed E-state index contributed by atoms with van der Waals surface area (Å²) in [6, 6.07) is 23.5. The lowest BCUT2D eigenvalue weighted by Crippen LogP contribution is -2.33. The van der Waals surface area contributed by atoms with Crippen molar-refractivity contribution in [1.29, 1.82) is 0 Å². The highest BCUT2D eigenvalue weighted by Gasteiger charge is 2.40. The van der Waals surface area contributed by atoms with Crippen LogP contribution in [-0.4, -0.2) is 29.5 Å². The number of carbonyl (C=O) groups is 1. The zero-order valence-corrected chi connectivity index (χ0v) is 18.5. The maximum absolute atomic E-state index is 13.2. The van der Waals surface area contributed by atoms with Gasteiger partial charge >= 0.3 is 6.36 Å². The Kier molecular flexibility index (Phi) is 7.65. The van der Waals surface area contributed by atoms with E-state index in [1.807, 2.05) is 60.7 Å². The molecular weight excluding hydrogens is 461 g/mol. The molecule has 8 heteroatoms. The first-order valence-electron chi connectivity index (χ1n) is 10.9. The van der Waals surface area contributed by atoms with Gasteiger partial charge in [0.05, 0.1) is 13.2 Å². The van der Waals surface area contributed by atoms with Crippen molar-refractivity contribution < 1.29 is 37.3 Å². The summed E-state index contributed by atoms with van der Waals surface area (Å²) in [6.45, 7) is 0.354. The first-order valence-corrected chi connectivity index (χ1v) is 10.9. The van der Waals surface area contributed by atoms with E-state index in [4.69, 9.17) is 9.47 Å². The predicted molar refractivity (Wildman–Crippen MR) is 121 cm³/mol. The molecule has 0 saturated heterocycles. The monoisotopic (exact) mass is 484 g/mol. The Hall–Kier alpha value is -3.46. The smallest absolute Gasteiger partial charge is 0.406 e. The summed E-state index contributed by atoms with van der Waals surface area (Å²) in [5.41, 5.74) is 1.82. The molecule has 3 atom stereocenters. The Balaban J connectivity index is 1.54. The maximum Gasteiger partial charge on any atom is 0.573 e. The number of aliphatic hydroxyl groups excluding tert-OH is 1. The van der Waals surface area contributed by atoms with Crippen LogP contribution in [0.25, 0.3) is 0 Å². The van der Waals surface area contributed by atoms with Crippen molar-refractivity contribution in [1.82, 2.24) is 0 Å². The Morgan fingerprint density at radius 3 is 2.03 bits per heavy atom. The summed E-state index contributed by atoms with van der Waals surface area (Å²) in [5, 5.41) is 10.9. The van der Waals surface area contributed by atoms with Crippen LogP contribution in [0.3, 0.4) is 0 Å². The van der Waals surface area contributed by atoms with Crippen LogP contribution in [0.4, 0.5) is 13.2 Å². The number of aliphatic hydroxyl groups is 1. The zero-order valence-electron chi connectivity index (χ0n) is 18.5. The number of halogens is 3. The lowest BCUT2D eigenvalue weighted by Gasteiger charge is -2.20. The highest BCUT2D eigenvalue weighted by Crippen LogP contribution is 2.34. The topological polar surface area (TPSA) is 65.0 Å². The second-order valence-corrected chi connectivity index (χ2v) is 7.99. The van der Waals surface area contributed by atoms with Crippen molar-refractivity contribution in [3.8, 4) is 5.75 Å². The molecule has 0 aromatic heterocycles. The molecule has 1 N–H and O–H groups in total. The van der Waals surface area contributed by atoms with E-state index in [1.54, 1.807) is 0 Å². The Labute approximate surface area is 200 Å². The molecule has 0 saturated carbocycles. The predicted octanol–water partition coefficient (Wildman–Crippen LogP) is 5.30. The summed E-state index contributed by atoms with van der Waals surface area (Å²) in [5.74, 6) is -0.984. The minimum absolute atomic E-state index is 0.00900. The normalized spacial score (nSPS) is 18.9. The molecule has 0 fully saturated rings. The highest BCUT2D eigenvalue weighted by atomic mass is 19.4. The molecule has 35 heavy (non-hydrogen) atoms. The fourth-order valence-corrected chi connectivity index (χ4v) is 3.78. The van der Waals surface area contributed by atoms with Gasteiger partial charge in [0.25, 0.3) is 0 Å². The largest absolute Gasteiger partial charge is 0.573 e. The molecule has 3 aromatic rings. The number of ketones is 1. The summed E-state index contributed by atoms with van der Waals surface area (Å²) in [7, 11) is 0. The molecule has 1 aliphatic carbocycles. The summed E-state index contributed by atoms with van der Waals surface area (Å²) >= 11 is 0. The number of alkyl halides is 3. The number of hydrogen-bond donors (Lipinski definition) is 1. The number of ether oxygens (including phenoxy) is 3. The molecule has 0 amide bonds. The summed E-state index contributed by atoms with van der Waals surface area (Å²) in [4.78, 5) is 13.2. The average Bonchev–Trinajstić information content (AvgIpc) is 3.16. The lowest BCUT2D eigenvalue weighted by molar-refractivity contribution is -0.274. The van der Waals surface area contributed by atoms with E-state index in [9.17, 15) is 23.1 Å². The minimum Gasteiger partial charge on any atom is -0.406 e.